The van der Waals surface area contributed by atoms with Crippen LogP contribution >= 0.6 is 46.0 Å². The first-order chi connectivity index (χ1) is 17.0. The Bertz CT molecular complexity index is 1620. The van der Waals surface area contributed by atoms with E-state index in [9.17, 15) is 9.59 Å². The van der Waals surface area contributed by atoms with Gasteiger partial charge in [0.2, 0.25) is 11.7 Å². The molecule has 0 atom stereocenters. The third-order valence-electron chi connectivity index (χ3n) is 5.76. The number of benzene rings is 1. The minimum absolute atomic E-state index is 0.123. The number of fused-ring (bicyclic) bond motifs is 5. The van der Waals surface area contributed by atoms with Crippen molar-refractivity contribution in [3.63, 3.8) is 0 Å². The van der Waals surface area contributed by atoms with Crippen molar-refractivity contribution in [2.45, 2.75) is 18.1 Å². The Hall–Kier alpha value is -2.77. The zero-order chi connectivity index (χ0) is 24.1. The maximum absolute atomic E-state index is 13.9. The van der Waals surface area contributed by atoms with E-state index >= 15 is 0 Å². The molecule has 178 valence electrons. The van der Waals surface area contributed by atoms with Crippen LogP contribution in [0.1, 0.15) is 10.4 Å². The highest BCUT2D eigenvalue weighted by Gasteiger charge is 2.27. The second kappa shape index (κ2) is 9.03. The number of nitrogens with zero attached hydrogens (tertiary/aromatic N) is 6. The number of anilines is 1. The van der Waals surface area contributed by atoms with Crippen LogP contribution in [0, 0.1) is 0 Å². The number of likely N-dealkylation sites (N-methyl/N-ethyl adjacent to an activating group) is 1. The summed E-state index contributed by atoms with van der Waals surface area (Å²) >= 11 is 10.3. The zero-order valence-electron chi connectivity index (χ0n) is 18.4. The van der Waals surface area contributed by atoms with Gasteiger partial charge in [0, 0.05) is 34.6 Å². The van der Waals surface area contributed by atoms with Gasteiger partial charge in [0.25, 0.3) is 5.56 Å². The molecule has 5 aromatic rings. The number of hydrogen-bond donors (Lipinski definition) is 1. The predicted molar refractivity (Wildman–Crippen MR) is 140 cm³/mol. The highest BCUT2D eigenvalue weighted by Crippen LogP contribution is 2.35. The summed E-state index contributed by atoms with van der Waals surface area (Å²) in [5.41, 5.74) is 1.62. The Morgan fingerprint density at radius 3 is 2.86 bits per heavy atom. The first-order valence-corrected chi connectivity index (χ1v) is 13.8. The summed E-state index contributed by atoms with van der Waals surface area (Å²) in [6.45, 7) is 1.68. The molecule has 1 amide bonds. The van der Waals surface area contributed by atoms with Crippen LogP contribution in [0.5, 0.6) is 0 Å². The molecule has 1 aliphatic heterocycles. The summed E-state index contributed by atoms with van der Waals surface area (Å²) < 4.78 is 3.48. The molecule has 0 unspecified atom stereocenters. The molecule has 13 heteroatoms. The third-order valence-corrected chi connectivity index (χ3v) is 8.83. The number of amides is 1. The minimum Gasteiger partial charge on any atom is -0.301 e. The number of carbonyl (C=O) groups is 1. The Kier molecular flexibility index (Phi) is 5.85. The summed E-state index contributed by atoms with van der Waals surface area (Å²) in [7, 11) is 2.08. The number of halogens is 1. The van der Waals surface area contributed by atoms with Gasteiger partial charge in [-0.2, -0.15) is 0 Å². The number of carbonyl (C=O) groups excluding carboxylic acids is 1. The average molecular weight is 544 g/mol. The number of hydrogen-bond acceptors (Lipinski definition) is 9. The topological polar surface area (TPSA) is 97.4 Å². The van der Waals surface area contributed by atoms with E-state index in [-0.39, 0.29) is 17.2 Å². The van der Waals surface area contributed by atoms with Gasteiger partial charge >= 0.3 is 0 Å². The highest BCUT2D eigenvalue weighted by atomic mass is 35.5. The molecular formula is C22H18ClN7O2S3. The van der Waals surface area contributed by atoms with Crippen molar-refractivity contribution in [2.24, 2.45) is 0 Å². The van der Waals surface area contributed by atoms with Crippen molar-refractivity contribution in [2.75, 3.05) is 24.7 Å². The van der Waals surface area contributed by atoms with Gasteiger partial charge in [0.15, 0.2) is 10.3 Å². The van der Waals surface area contributed by atoms with Crippen molar-refractivity contribution in [3.05, 3.63) is 61.7 Å². The lowest BCUT2D eigenvalue weighted by atomic mass is 10.1. The molecule has 35 heavy (non-hydrogen) atoms. The van der Waals surface area contributed by atoms with Gasteiger partial charge in [0.05, 0.1) is 16.8 Å². The molecule has 9 nitrogen and oxygen atoms in total. The number of rotatable bonds is 5. The Balaban J connectivity index is 1.50. The fraction of sp³-hybridized carbons (Fsp3) is 0.227. The lowest BCUT2D eigenvalue weighted by molar-refractivity contribution is -0.113. The molecule has 0 fully saturated rings. The molecule has 0 aliphatic carbocycles. The molecule has 0 bridgehead atoms. The molecule has 6 rings (SSSR count). The van der Waals surface area contributed by atoms with Crippen molar-refractivity contribution < 1.29 is 4.79 Å². The van der Waals surface area contributed by atoms with Gasteiger partial charge in [-0.15, -0.1) is 32.9 Å². The van der Waals surface area contributed by atoms with E-state index < -0.39 is 0 Å². The molecule has 0 saturated carbocycles. The highest BCUT2D eigenvalue weighted by molar-refractivity contribution is 7.99. The van der Waals surface area contributed by atoms with E-state index in [2.05, 4.69) is 32.4 Å². The van der Waals surface area contributed by atoms with Gasteiger partial charge in [0.1, 0.15) is 4.83 Å². The van der Waals surface area contributed by atoms with E-state index in [1.54, 1.807) is 51.7 Å². The zero-order valence-corrected chi connectivity index (χ0v) is 21.6. The summed E-state index contributed by atoms with van der Waals surface area (Å²) in [4.78, 5) is 34.7. The maximum atomic E-state index is 13.9. The second-order valence-corrected chi connectivity index (χ2v) is 11.4. The predicted octanol–water partition coefficient (Wildman–Crippen LogP) is 3.92. The standard InChI is InChI=1S/C22H18ClN7O2S3/c1-28-8-6-14-15(10-28)35-19-17(14)18(32)29(13-4-2-12(23)3-5-13)21-26-27-22(30(19)21)34-11-16(31)25-20-24-7-9-33-20/h2-5,7,9H,6,8,10-11H2,1H3,(H,24,25,31). The van der Waals surface area contributed by atoms with Crippen LogP contribution in [-0.2, 0) is 17.8 Å². The summed E-state index contributed by atoms with van der Waals surface area (Å²) in [5.74, 6) is 0.353. The number of thiazole rings is 1. The van der Waals surface area contributed by atoms with Crippen molar-refractivity contribution in [1.82, 2.24) is 29.0 Å². The van der Waals surface area contributed by atoms with Crippen molar-refractivity contribution in [1.29, 1.82) is 0 Å². The van der Waals surface area contributed by atoms with Crippen LogP contribution < -0.4 is 10.9 Å². The quantitative estimate of drug-likeness (QED) is 0.335. The molecular weight excluding hydrogens is 526 g/mol. The number of nitrogens with one attached hydrogen (secondary N) is 1. The van der Waals surface area contributed by atoms with Crippen LogP contribution in [0.3, 0.4) is 0 Å². The number of aromatic nitrogens is 5. The molecule has 0 spiro atoms. The van der Waals surface area contributed by atoms with Gasteiger partial charge in [-0.3, -0.25) is 9.59 Å². The van der Waals surface area contributed by atoms with Crippen molar-refractivity contribution >= 4 is 73.1 Å². The first-order valence-electron chi connectivity index (χ1n) is 10.7. The minimum atomic E-state index is -0.184. The van der Waals surface area contributed by atoms with Gasteiger partial charge < -0.3 is 10.2 Å². The third kappa shape index (κ3) is 4.04. The summed E-state index contributed by atoms with van der Waals surface area (Å²) in [6, 6.07) is 7.09. The molecule has 1 N–H and O–H groups in total. The van der Waals surface area contributed by atoms with Gasteiger partial charge in [-0.25, -0.2) is 14.0 Å². The summed E-state index contributed by atoms with van der Waals surface area (Å²) in [6.07, 6.45) is 2.44. The van der Waals surface area contributed by atoms with Crippen LogP contribution in [0.2, 0.25) is 5.02 Å². The van der Waals surface area contributed by atoms with Crippen molar-refractivity contribution in [3.8, 4) is 5.69 Å². The number of thioether (sulfide) groups is 1. The molecule has 0 radical (unpaired) electrons. The lowest BCUT2D eigenvalue weighted by Crippen LogP contribution is -2.27. The van der Waals surface area contributed by atoms with Crippen LogP contribution in [0.15, 0.2) is 45.8 Å². The maximum Gasteiger partial charge on any atom is 0.268 e. The second-order valence-electron chi connectivity index (χ2n) is 8.08. The van der Waals surface area contributed by atoms with E-state index in [0.29, 0.717) is 32.2 Å². The Morgan fingerprint density at radius 2 is 2.09 bits per heavy atom. The largest absolute Gasteiger partial charge is 0.301 e. The molecule has 1 aliphatic rings. The van der Waals surface area contributed by atoms with E-state index in [0.717, 1.165) is 29.9 Å². The Labute approximate surface area is 216 Å². The molecule has 1 aromatic carbocycles. The smallest absolute Gasteiger partial charge is 0.268 e. The molecule has 0 saturated heterocycles. The first kappa shape index (κ1) is 22.7. The van der Waals surface area contributed by atoms with Crippen LogP contribution in [0.4, 0.5) is 5.13 Å². The fourth-order valence-electron chi connectivity index (χ4n) is 4.17. The van der Waals surface area contributed by atoms with Gasteiger partial charge in [-0.05, 0) is 43.3 Å². The van der Waals surface area contributed by atoms with E-state index in [1.165, 1.54) is 28.0 Å². The fourth-order valence-corrected chi connectivity index (χ4v) is 7.05. The monoisotopic (exact) mass is 543 g/mol. The van der Waals surface area contributed by atoms with E-state index in [1.807, 2.05) is 4.40 Å². The summed E-state index contributed by atoms with van der Waals surface area (Å²) in [5, 5.41) is 15.7. The SMILES string of the molecule is CN1CCc2c(sc3c2c(=O)n(-c2ccc(Cl)cc2)c2nnc(SCC(=O)Nc4nccs4)n32)C1. The van der Waals surface area contributed by atoms with Gasteiger partial charge in [-0.1, -0.05) is 23.4 Å². The Morgan fingerprint density at radius 1 is 1.26 bits per heavy atom. The average Bonchev–Trinajstić information content (AvgIpc) is 3.57. The normalized spacial score (nSPS) is 14.0. The van der Waals surface area contributed by atoms with Crippen LogP contribution in [0.25, 0.3) is 21.7 Å². The number of thiophene rings is 1. The van der Waals surface area contributed by atoms with E-state index in [4.69, 9.17) is 11.6 Å². The molecule has 5 heterocycles. The molecule has 4 aromatic heterocycles. The van der Waals surface area contributed by atoms with Crippen LogP contribution in [-0.4, -0.2) is 54.3 Å². The lowest BCUT2D eigenvalue weighted by Gasteiger charge is -2.21.